The van der Waals surface area contributed by atoms with Crippen LogP contribution in [0.25, 0.3) is 0 Å². The molecule has 1 heterocycles. The van der Waals surface area contributed by atoms with Crippen molar-refractivity contribution in [2.24, 2.45) is 4.99 Å². The van der Waals surface area contributed by atoms with E-state index in [4.69, 9.17) is 0 Å². The van der Waals surface area contributed by atoms with Gasteiger partial charge in [0, 0.05) is 17.9 Å². The molecule has 1 aliphatic heterocycles. The van der Waals surface area contributed by atoms with E-state index >= 15 is 0 Å². The van der Waals surface area contributed by atoms with E-state index in [-0.39, 0.29) is 22.8 Å². The molecule has 1 saturated heterocycles. The van der Waals surface area contributed by atoms with Gasteiger partial charge in [-0.3, -0.25) is 9.79 Å². The van der Waals surface area contributed by atoms with Gasteiger partial charge in [-0.2, -0.15) is 0 Å². The van der Waals surface area contributed by atoms with Crippen molar-refractivity contribution in [1.82, 2.24) is 4.90 Å². The first-order chi connectivity index (χ1) is 11.2. The number of aryl methyl sites for hydroxylation is 1. The molecule has 5 heteroatoms. The van der Waals surface area contributed by atoms with Gasteiger partial charge in [-0.15, -0.1) is 17.0 Å². The summed E-state index contributed by atoms with van der Waals surface area (Å²) in [7, 11) is 0. The minimum Gasteiger partial charge on any atom is -0.343 e. The Morgan fingerprint density at radius 3 is 2.54 bits per heavy atom. The summed E-state index contributed by atoms with van der Waals surface area (Å²) < 4.78 is 0. The molecule has 0 atom stereocenters. The van der Waals surface area contributed by atoms with Gasteiger partial charge in [-0.25, -0.2) is 0 Å². The Bertz CT molecular complexity index is 701. The van der Waals surface area contributed by atoms with E-state index in [0.717, 1.165) is 23.0 Å². The van der Waals surface area contributed by atoms with Crippen molar-refractivity contribution in [3.8, 4) is 0 Å². The third-order valence-corrected chi connectivity index (χ3v) is 4.84. The van der Waals surface area contributed by atoms with Crippen LogP contribution in [0.1, 0.15) is 21.5 Å². The first-order valence-corrected chi connectivity index (χ1v) is 8.77. The zero-order chi connectivity index (χ0) is 16.1. The van der Waals surface area contributed by atoms with E-state index in [0.29, 0.717) is 13.1 Å². The molecule has 0 amide bonds. The van der Waals surface area contributed by atoms with Crippen LogP contribution in [0.2, 0.25) is 0 Å². The van der Waals surface area contributed by atoms with E-state index in [1.165, 1.54) is 11.1 Å². The van der Waals surface area contributed by atoms with E-state index in [1.54, 1.807) is 11.8 Å². The molecule has 3 rings (SSSR count). The predicted octanol–water partition coefficient (Wildman–Crippen LogP) is 4.36. The highest BCUT2D eigenvalue weighted by atomic mass is 79.9. The molecule has 0 aliphatic carbocycles. The number of hydrogen-bond acceptors (Lipinski definition) is 3. The van der Waals surface area contributed by atoms with E-state index in [1.807, 2.05) is 49.4 Å². The van der Waals surface area contributed by atoms with Crippen molar-refractivity contribution in [3.05, 3.63) is 71.3 Å². The molecule has 0 radical (unpaired) electrons. The zero-order valence-corrected chi connectivity index (χ0v) is 16.2. The number of rotatable bonds is 5. The van der Waals surface area contributed by atoms with E-state index in [9.17, 15) is 4.79 Å². The van der Waals surface area contributed by atoms with Crippen LogP contribution in [0.15, 0.2) is 59.6 Å². The van der Waals surface area contributed by atoms with Gasteiger partial charge in [0.1, 0.15) is 0 Å². The Kier molecular flexibility index (Phi) is 7.06. The van der Waals surface area contributed by atoms with Crippen LogP contribution >= 0.6 is 28.7 Å². The van der Waals surface area contributed by atoms with E-state index in [2.05, 4.69) is 22.0 Å². The number of nitrogens with zero attached hydrogens (tertiary/aromatic N) is 2. The summed E-state index contributed by atoms with van der Waals surface area (Å²) in [5, 5.41) is 0.981. The third-order valence-electron chi connectivity index (χ3n) is 3.81. The lowest BCUT2D eigenvalue weighted by Crippen LogP contribution is -2.30. The highest BCUT2D eigenvalue weighted by Crippen LogP contribution is 2.19. The number of aliphatic imine (C=N–C) groups is 1. The summed E-state index contributed by atoms with van der Waals surface area (Å²) in [5.41, 5.74) is 3.13. The number of thioether (sulfide) groups is 1. The Morgan fingerprint density at radius 2 is 1.83 bits per heavy atom. The number of amidine groups is 1. The summed E-state index contributed by atoms with van der Waals surface area (Å²) in [6.45, 7) is 3.98. The van der Waals surface area contributed by atoms with Crippen LogP contribution < -0.4 is 0 Å². The first-order valence-electron chi connectivity index (χ1n) is 7.78. The smallest absolute Gasteiger partial charge is 0.182 e. The summed E-state index contributed by atoms with van der Waals surface area (Å²) in [6.07, 6.45) is 0. The van der Waals surface area contributed by atoms with Gasteiger partial charge in [-0.05, 0) is 12.5 Å². The predicted molar refractivity (Wildman–Crippen MR) is 107 cm³/mol. The molecule has 2 aromatic carbocycles. The molecule has 3 nitrogen and oxygen atoms in total. The Hall–Kier alpha value is -1.59. The standard InChI is InChI=1S/C19H20N2OS.BrH/c1-15-7-9-17(10-8-15)18(22)14-21-11-12-23-19(21)20-13-16-5-3-2-4-6-16;/h2-10H,11-14H2,1H3;1H. The second-order valence-corrected chi connectivity index (χ2v) is 6.71. The maximum atomic E-state index is 12.4. The van der Waals surface area contributed by atoms with Crippen LogP contribution in [-0.2, 0) is 6.54 Å². The van der Waals surface area contributed by atoms with Crippen LogP contribution in [0, 0.1) is 6.92 Å². The van der Waals surface area contributed by atoms with Crippen molar-refractivity contribution in [1.29, 1.82) is 0 Å². The van der Waals surface area contributed by atoms with Gasteiger partial charge in [-0.1, -0.05) is 71.9 Å². The molecule has 1 fully saturated rings. The van der Waals surface area contributed by atoms with Crippen LogP contribution in [0.3, 0.4) is 0 Å². The fraction of sp³-hybridized carbons (Fsp3) is 0.263. The number of carbonyl (C=O) groups excluding carboxylic acids is 1. The van der Waals surface area contributed by atoms with Gasteiger partial charge in [0.2, 0.25) is 0 Å². The topological polar surface area (TPSA) is 32.7 Å². The molecule has 0 saturated carbocycles. The first kappa shape index (κ1) is 18.7. The fourth-order valence-electron chi connectivity index (χ4n) is 2.47. The Morgan fingerprint density at radius 1 is 1.12 bits per heavy atom. The molecule has 0 bridgehead atoms. The summed E-state index contributed by atoms with van der Waals surface area (Å²) in [4.78, 5) is 19.2. The second-order valence-electron chi connectivity index (χ2n) is 5.64. The molecule has 1 aliphatic rings. The van der Waals surface area contributed by atoms with Gasteiger partial charge < -0.3 is 4.90 Å². The SMILES string of the molecule is Br.Cc1ccc(C(=O)CN2CCSC2=NCc2ccccc2)cc1. The Balaban J connectivity index is 0.00000208. The molecule has 126 valence electrons. The second kappa shape index (κ2) is 9.04. The van der Waals surface area contributed by atoms with Gasteiger partial charge in [0.15, 0.2) is 11.0 Å². The zero-order valence-electron chi connectivity index (χ0n) is 13.6. The number of ketones is 1. The molecule has 0 N–H and O–H groups in total. The molecular weight excluding hydrogens is 384 g/mol. The largest absolute Gasteiger partial charge is 0.343 e. The maximum absolute atomic E-state index is 12.4. The Labute approximate surface area is 157 Å². The lowest BCUT2D eigenvalue weighted by Gasteiger charge is -2.17. The van der Waals surface area contributed by atoms with Crippen LogP contribution in [0.4, 0.5) is 0 Å². The third kappa shape index (κ3) is 4.95. The summed E-state index contributed by atoms with van der Waals surface area (Å²) in [5.74, 6) is 1.15. The number of carbonyl (C=O) groups is 1. The monoisotopic (exact) mass is 404 g/mol. The minimum absolute atomic E-state index is 0. The van der Waals surface area contributed by atoms with Crippen molar-refractivity contribution in [2.45, 2.75) is 13.5 Å². The highest BCUT2D eigenvalue weighted by Gasteiger charge is 2.22. The maximum Gasteiger partial charge on any atom is 0.182 e. The quantitative estimate of drug-likeness (QED) is 0.693. The molecule has 0 aromatic heterocycles. The average molecular weight is 405 g/mol. The molecule has 0 spiro atoms. The normalized spacial score (nSPS) is 15.4. The van der Waals surface area contributed by atoms with Crippen molar-refractivity contribution >= 4 is 39.7 Å². The molecule has 0 unspecified atom stereocenters. The lowest BCUT2D eigenvalue weighted by molar-refractivity contribution is 0.0966. The highest BCUT2D eigenvalue weighted by molar-refractivity contribution is 8.93. The molecular formula is C19H21BrN2OS. The fourth-order valence-corrected chi connectivity index (χ4v) is 3.46. The van der Waals surface area contributed by atoms with Crippen LogP contribution in [-0.4, -0.2) is 34.7 Å². The van der Waals surface area contributed by atoms with Crippen LogP contribution in [0.5, 0.6) is 0 Å². The van der Waals surface area contributed by atoms with Gasteiger partial charge in [0.05, 0.1) is 13.1 Å². The molecule has 2 aromatic rings. The summed E-state index contributed by atoms with van der Waals surface area (Å²) >= 11 is 1.73. The van der Waals surface area contributed by atoms with Crippen molar-refractivity contribution in [2.75, 3.05) is 18.8 Å². The number of Topliss-reactive ketones (excluding diaryl/α,β-unsaturated/α-hetero) is 1. The number of halogens is 1. The van der Waals surface area contributed by atoms with Gasteiger partial charge >= 0.3 is 0 Å². The van der Waals surface area contributed by atoms with Crippen molar-refractivity contribution < 1.29 is 4.79 Å². The van der Waals surface area contributed by atoms with Gasteiger partial charge in [0.25, 0.3) is 0 Å². The number of hydrogen-bond donors (Lipinski definition) is 0. The lowest BCUT2D eigenvalue weighted by atomic mass is 10.1. The van der Waals surface area contributed by atoms with E-state index < -0.39 is 0 Å². The number of benzene rings is 2. The molecule has 24 heavy (non-hydrogen) atoms. The van der Waals surface area contributed by atoms with Crippen molar-refractivity contribution in [3.63, 3.8) is 0 Å². The average Bonchev–Trinajstić information content (AvgIpc) is 3.01. The minimum atomic E-state index is 0. The summed E-state index contributed by atoms with van der Waals surface area (Å²) in [6, 6.07) is 18.0.